The van der Waals surface area contributed by atoms with Gasteiger partial charge in [0.2, 0.25) is 0 Å². The van der Waals surface area contributed by atoms with Gasteiger partial charge in [0.05, 0.1) is 0 Å². The Balaban J connectivity index is 1.59. The van der Waals surface area contributed by atoms with Crippen molar-refractivity contribution in [2.75, 3.05) is 19.6 Å². The highest BCUT2D eigenvalue weighted by Gasteiger charge is 2.38. The number of nitrogens with one attached hydrogen (secondary N) is 1. The molecule has 0 aromatic heterocycles. The smallest absolute Gasteiger partial charge is 0.0124 e. The summed E-state index contributed by atoms with van der Waals surface area (Å²) in [5, 5.41) is 3.77. The zero-order valence-corrected chi connectivity index (χ0v) is 13.6. The summed E-state index contributed by atoms with van der Waals surface area (Å²) in [5.74, 6) is 2.89. The summed E-state index contributed by atoms with van der Waals surface area (Å²) < 4.78 is 0. The summed E-state index contributed by atoms with van der Waals surface area (Å²) in [4.78, 5) is 2.89. The van der Waals surface area contributed by atoms with Gasteiger partial charge in [-0.3, -0.25) is 4.90 Å². The van der Waals surface area contributed by atoms with Gasteiger partial charge < -0.3 is 5.32 Å². The highest BCUT2D eigenvalue weighted by atomic mass is 15.2. The third kappa shape index (κ3) is 3.22. The zero-order valence-electron chi connectivity index (χ0n) is 13.6. The Labute approximate surface area is 125 Å². The van der Waals surface area contributed by atoms with Crippen LogP contribution in [-0.4, -0.2) is 36.6 Å². The van der Waals surface area contributed by atoms with E-state index in [2.05, 4.69) is 24.1 Å². The van der Waals surface area contributed by atoms with Crippen LogP contribution >= 0.6 is 0 Å². The van der Waals surface area contributed by atoms with Gasteiger partial charge in [-0.15, -0.1) is 0 Å². The number of fused-ring (bicyclic) bond motifs is 1. The minimum atomic E-state index is 0.791. The van der Waals surface area contributed by atoms with Crippen LogP contribution in [0.2, 0.25) is 0 Å². The van der Waals surface area contributed by atoms with E-state index in [0.29, 0.717) is 0 Å². The Morgan fingerprint density at radius 3 is 2.75 bits per heavy atom. The first-order valence-electron chi connectivity index (χ1n) is 9.25. The van der Waals surface area contributed by atoms with E-state index in [1.54, 1.807) is 0 Å². The van der Waals surface area contributed by atoms with Crippen LogP contribution < -0.4 is 5.32 Å². The molecule has 5 atom stereocenters. The summed E-state index contributed by atoms with van der Waals surface area (Å²) in [5.41, 5.74) is 0. The lowest BCUT2D eigenvalue weighted by Crippen LogP contribution is -2.47. The lowest BCUT2D eigenvalue weighted by atomic mass is 9.78. The molecule has 1 heterocycles. The average Bonchev–Trinajstić information content (AvgIpc) is 2.86. The molecule has 0 spiro atoms. The second-order valence-electron chi connectivity index (χ2n) is 7.74. The fourth-order valence-electron chi connectivity index (χ4n) is 5.26. The molecule has 5 unspecified atom stereocenters. The molecular weight excluding hydrogens is 244 g/mol. The van der Waals surface area contributed by atoms with Gasteiger partial charge in [0.1, 0.15) is 0 Å². The van der Waals surface area contributed by atoms with E-state index in [-0.39, 0.29) is 0 Å². The molecule has 20 heavy (non-hydrogen) atoms. The van der Waals surface area contributed by atoms with Gasteiger partial charge in [-0.2, -0.15) is 0 Å². The fraction of sp³-hybridized carbons (Fsp3) is 1.00. The predicted molar refractivity (Wildman–Crippen MR) is 85.9 cm³/mol. The molecule has 2 saturated carbocycles. The SMILES string of the molecule is CCNC1CCC(C)CC1CN1CCC2CCCCC21. The summed E-state index contributed by atoms with van der Waals surface area (Å²) >= 11 is 0. The average molecular weight is 278 g/mol. The lowest BCUT2D eigenvalue weighted by molar-refractivity contribution is 0.114. The minimum Gasteiger partial charge on any atom is -0.314 e. The van der Waals surface area contributed by atoms with Gasteiger partial charge in [-0.1, -0.05) is 26.7 Å². The molecule has 3 aliphatic rings. The molecule has 1 saturated heterocycles. The summed E-state index contributed by atoms with van der Waals surface area (Å²) in [7, 11) is 0. The molecule has 0 aromatic carbocycles. The molecule has 3 fully saturated rings. The van der Waals surface area contributed by atoms with E-state index < -0.39 is 0 Å². The largest absolute Gasteiger partial charge is 0.314 e. The maximum atomic E-state index is 3.77. The number of nitrogens with zero attached hydrogens (tertiary/aromatic N) is 1. The van der Waals surface area contributed by atoms with Crippen molar-refractivity contribution < 1.29 is 0 Å². The highest BCUT2D eigenvalue weighted by Crippen LogP contribution is 2.38. The van der Waals surface area contributed by atoms with Crippen molar-refractivity contribution in [2.45, 2.75) is 77.3 Å². The maximum Gasteiger partial charge on any atom is 0.0124 e. The Hall–Kier alpha value is -0.0800. The van der Waals surface area contributed by atoms with Crippen LogP contribution in [0.25, 0.3) is 0 Å². The minimum absolute atomic E-state index is 0.791. The summed E-state index contributed by atoms with van der Waals surface area (Å²) in [6.07, 6.45) is 11.7. The number of rotatable bonds is 4. The van der Waals surface area contributed by atoms with Crippen molar-refractivity contribution in [3.63, 3.8) is 0 Å². The number of likely N-dealkylation sites (tertiary alicyclic amines) is 1. The maximum absolute atomic E-state index is 3.77. The first-order chi connectivity index (χ1) is 9.78. The fourth-order valence-corrected chi connectivity index (χ4v) is 5.26. The van der Waals surface area contributed by atoms with Gasteiger partial charge in [-0.05, 0) is 69.4 Å². The van der Waals surface area contributed by atoms with Crippen LogP contribution in [-0.2, 0) is 0 Å². The first kappa shape index (κ1) is 14.8. The molecule has 0 aromatic rings. The second-order valence-corrected chi connectivity index (χ2v) is 7.74. The van der Waals surface area contributed by atoms with Crippen molar-refractivity contribution in [1.82, 2.24) is 10.2 Å². The van der Waals surface area contributed by atoms with Crippen LogP contribution in [0.4, 0.5) is 0 Å². The van der Waals surface area contributed by atoms with Crippen LogP contribution in [0.5, 0.6) is 0 Å². The third-order valence-electron chi connectivity index (χ3n) is 6.31. The lowest BCUT2D eigenvalue weighted by Gasteiger charge is -2.40. The predicted octanol–water partition coefficient (Wildman–Crippen LogP) is 3.67. The summed E-state index contributed by atoms with van der Waals surface area (Å²) in [6.45, 7) is 8.63. The zero-order chi connectivity index (χ0) is 13.9. The van der Waals surface area contributed by atoms with Crippen molar-refractivity contribution in [3.05, 3.63) is 0 Å². The Morgan fingerprint density at radius 2 is 1.90 bits per heavy atom. The molecule has 0 bridgehead atoms. The van der Waals surface area contributed by atoms with Crippen LogP contribution in [0.3, 0.4) is 0 Å². The molecular formula is C18H34N2. The molecule has 2 aliphatic carbocycles. The van der Waals surface area contributed by atoms with Crippen molar-refractivity contribution in [2.24, 2.45) is 17.8 Å². The number of hydrogen-bond donors (Lipinski definition) is 1. The molecule has 116 valence electrons. The monoisotopic (exact) mass is 278 g/mol. The van der Waals surface area contributed by atoms with E-state index in [1.165, 1.54) is 64.5 Å². The molecule has 2 nitrogen and oxygen atoms in total. The van der Waals surface area contributed by atoms with E-state index in [9.17, 15) is 0 Å². The molecule has 0 amide bonds. The van der Waals surface area contributed by atoms with Crippen LogP contribution in [0, 0.1) is 17.8 Å². The Morgan fingerprint density at radius 1 is 1.05 bits per heavy atom. The molecule has 3 rings (SSSR count). The summed E-state index contributed by atoms with van der Waals surface area (Å²) in [6, 6.07) is 1.74. The van der Waals surface area contributed by atoms with E-state index >= 15 is 0 Å². The van der Waals surface area contributed by atoms with Gasteiger partial charge in [0, 0.05) is 18.6 Å². The van der Waals surface area contributed by atoms with Gasteiger partial charge in [-0.25, -0.2) is 0 Å². The first-order valence-corrected chi connectivity index (χ1v) is 9.25. The van der Waals surface area contributed by atoms with E-state index in [4.69, 9.17) is 0 Å². The second kappa shape index (κ2) is 6.79. The Bertz CT molecular complexity index is 304. The van der Waals surface area contributed by atoms with Crippen LogP contribution in [0.1, 0.15) is 65.2 Å². The quantitative estimate of drug-likeness (QED) is 0.844. The van der Waals surface area contributed by atoms with E-state index in [1.807, 2.05) is 0 Å². The third-order valence-corrected chi connectivity index (χ3v) is 6.31. The topological polar surface area (TPSA) is 15.3 Å². The van der Waals surface area contributed by atoms with Gasteiger partial charge >= 0.3 is 0 Å². The molecule has 1 aliphatic heterocycles. The molecule has 0 radical (unpaired) electrons. The standard InChI is InChI=1S/C18H34N2/c1-3-19-17-9-8-14(2)12-16(17)13-20-11-10-15-6-4-5-7-18(15)20/h14-19H,3-13H2,1-2H3. The van der Waals surface area contributed by atoms with Gasteiger partial charge in [0.15, 0.2) is 0 Å². The molecule has 2 heteroatoms. The normalized spacial score (nSPS) is 42.6. The van der Waals surface area contributed by atoms with Crippen molar-refractivity contribution in [3.8, 4) is 0 Å². The van der Waals surface area contributed by atoms with Gasteiger partial charge in [0.25, 0.3) is 0 Å². The number of hydrogen-bond acceptors (Lipinski definition) is 2. The van der Waals surface area contributed by atoms with Crippen LogP contribution in [0.15, 0.2) is 0 Å². The van der Waals surface area contributed by atoms with Crippen molar-refractivity contribution >= 4 is 0 Å². The highest BCUT2D eigenvalue weighted by molar-refractivity contribution is 4.93. The van der Waals surface area contributed by atoms with Crippen molar-refractivity contribution in [1.29, 1.82) is 0 Å². The molecule has 1 N–H and O–H groups in total. The van der Waals surface area contributed by atoms with E-state index in [0.717, 1.165) is 36.4 Å². The Kier molecular flexibility index (Phi) is 5.04.